The van der Waals surface area contributed by atoms with E-state index < -0.39 is 6.10 Å². The molecule has 2 N–H and O–H groups in total. The van der Waals surface area contributed by atoms with Gasteiger partial charge in [0.15, 0.2) is 0 Å². The van der Waals surface area contributed by atoms with Crippen LogP contribution in [0.1, 0.15) is 30.7 Å². The van der Waals surface area contributed by atoms with Gasteiger partial charge in [-0.25, -0.2) is 4.63 Å². The average molecular weight is 332 g/mol. The molecule has 1 fully saturated rings. The van der Waals surface area contributed by atoms with Crippen LogP contribution in [0.2, 0.25) is 0 Å². The summed E-state index contributed by atoms with van der Waals surface area (Å²) in [5.74, 6) is 0.387. The number of aliphatic hydroxyl groups excluding tert-OH is 1. The van der Waals surface area contributed by atoms with E-state index in [2.05, 4.69) is 25.2 Å². The van der Waals surface area contributed by atoms with E-state index in [0.717, 1.165) is 12.8 Å². The first kappa shape index (κ1) is 16.4. The second kappa shape index (κ2) is 7.39. The molecule has 0 aliphatic heterocycles. The molecule has 1 amide bonds. The molecule has 8 heteroatoms. The first-order chi connectivity index (χ1) is 11.6. The maximum Gasteiger partial charge on any atom is 0.226 e. The van der Waals surface area contributed by atoms with E-state index in [1.807, 2.05) is 0 Å². The van der Waals surface area contributed by atoms with Crippen molar-refractivity contribution < 1.29 is 19.3 Å². The number of nitrogens with zero attached hydrogens (tertiary/aromatic N) is 3. The maximum atomic E-state index is 12.2. The van der Waals surface area contributed by atoms with Crippen LogP contribution in [0.5, 0.6) is 5.75 Å². The fourth-order valence-corrected chi connectivity index (χ4v) is 2.84. The molecule has 24 heavy (non-hydrogen) atoms. The molecule has 2 aromatic rings. The van der Waals surface area contributed by atoms with Gasteiger partial charge >= 0.3 is 0 Å². The molecular weight excluding hydrogens is 312 g/mol. The Morgan fingerprint density at radius 1 is 1.46 bits per heavy atom. The van der Waals surface area contributed by atoms with Gasteiger partial charge in [0.25, 0.3) is 0 Å². The third-order valence-electron chi connectivity index (χ3n) is 4.14. The minimum absolute atomic E-state index is 0.0761. The van der Waals surface area contributed by atoms with E-state index >= 15 is 0 Å². The fraction of sp³-hybridized carbons (Fsp3) is 0.500. The first-order valence-electron chi connectivity index (χ1n) is 7.95. The summed E-state index contributed by atoms with van der Waals surface area (Å²) in [6.45, 7) is 1.73. The Labute approximate surface area is 139 Å². The van der Waals surface area contributed by atoms with Gasteiger partial charge in [-0.3, -0.25) is 9.78 Å². The molecule has 128 valence electrons. The van der Waals surface area contributed by atoms with Crippen LogP contribution in [-0.2, 0) is 11.2 Å². The third kappa shape index (κ3) is 3.88. The molecule has 0 radical (unpaired) electrons. The van der Waals surface area contributed by atoms with Crippen LogP contribution in [0.15, 0.2) is 29.2 Å². The van der Waals surface area contributed by atoms with Crippen molar-refractivity contribution in [2.45, 2.75) is 50.9 Å². The lowest BCUT2D eigenvalue weighted by Crippen LogP contribution is -2.53. The smallest absolute Gasteiger partial charge is 0.226 e. The lowest BCUT2D eigenvalue weighted by atomic mass is 9.89. The summed E-state index contributed by atoms with van der Waals surface area (Å²) in [4.78, 5) is 16.2. The molecule has 0 spiro atoms. The van der Waals surface area contributed by atoms with Crippen LogP contribution < -0.4 is 10.1 Å². The van der Waals surface area contributed by atoms with Gasteiger partial charge in [0.2, 0.25) is 5.91 Å². The van der Waals surface area contributed by atoms with Gasteiger partial charge < -0.3 is 15.2 Å². The van der Waals surface area contributed by atoms with Gasteiger partial charge in [0.1, 0.15) is 29.3 Å². The summed E-state index contributed by atoms with van der Waals surface area (Å²) in [5.41, 5.74) is 1.09. The zero-order chi connectivity index (χ0) is 16.9. The normalized spacial score (nSPS) is 23.7. The quantitative estimate of drug-likeness (QED) is 0.833. The summed E-state index contributed by atoms with van der Waals surface area (Å²) in [6.07, 6.45) is 4.49. The molecule has 1 saturated carbocycles. The highest BCUT2D eigenvalue weighted by Gasteiger charge is 2.34. The number of rotatable bonds is 5. The van der Waals surface area contributed by atoms with Gasteiger partial charge in [-0.05, 0) is 38.3 Å². The number of aryl methyl sites for hydroxylation is 1. The number of ether oxygens (including phenoxy) is 1. The van der Waals surface area contributed by atoms with E-state index in [4.69, 9.17) is 4.74 Å². The van der Waals surface area contributed by atoms with Crippen molar-refractivity contribution in [3.05, 3.63) is 35.9 Å². The van der Waals surface area contributed by atoms with E-state index in [9.17, 15) is 9.90 Å². The number of pyridine rings is 1. The number of aliphatic hydroxyl groups is 1. The van der Waals surface area contributed by atoms with Crippen LogP contribution in [0.25, 0.3) is 0 Å². The minimum atomic E-state index is -0.778. The summed E-state index contributed by atoms with van der Waals surface area (Å²) in [6, 6.07) is 3.22. The summed E-state index contributed by atoms with van der Waals surface area (Å²) >= 11 is 0. The molecule has 3 atom stereocenters. The Balaban J connectivity index is 1.57. The summed E-state index contributed by atoms with van der Waals surface area (Å²) in [7, 11) is 0. The molecular formula is C16H20N4O4. The molecule has 0 aromatic carbocycles. The average Bonchev–Trinajstić information content (AvgIpc) is 2.97. The number of nitrogens with one attached hydrogen (secondary N) is 1. The van der Waals surface area contributed by atoms with Crippen molar-refractivity contribution >= 4 is 5.91 Å². The Kier molecular flexibility index (Phi) is 5.05. The van der Waals surface area contributed by atoms with Crippen LogP contribution >= 0.6 is 0 Å². The Morgan fingerprint density at radius 2 is 2.33 bits per heavy atom. The standard InChI is InChI=1S/C16H20N4O4/c1-10-13(20-24-19-10)8-15(21)18-12-5-2-6-14(16(12)22)23-11-4-3-7-17-9-11/h3-4,7,9,12,14,16,22H,2,5-6,8H2,1H3,(H,18,21)/t12-,14-,16-/m1/s1. The van der Waals surface area contributed by atoms with Crippen LogP contribution in [0.4, 0.5) is 0 Å². The number of carbonyl (C=O) groups excluding carboxylic acids is 1. The van der Waals surface area contributed by atoms with Crippen molar-refractivity contribution in [2.75, 3.05) is 0 Å². The van der Waals surface area contributed by atoms with Gasteiger partial charge in [0, 0.05) is 6.20 Å². The molecule has 1 aliphatic carbocycles. The molecule has 1 aliphatic rings. The van der Waals surface area contributed by atoms with E-state index in [-0.39, 0.29) is 24.5 Å². The predicted molar refractivity (Wildman–Crippen MR) is 83.2 cm³/mol. The number of aromatic nitrogens is 3. The fourth-order valence-electron chi connectivity index (χ4n) is 2.84. The Hall–Kier alpha value is -2.48. The monoisotopic (exact) mass is 332 g/mol. The van der Waals surface area contributed by atoms with Gasteiger partial charge in [0.05, 0.1) is 18.7 Å². The largest absolute Gasteiger partial charge is 0.486 e. The highest BCUT2D eigenvalue weighted by molar-refractivity contribution is 5.78. The molecule has 0 saturated heterocycles. The predicted octanol–water partition coefficient (Wildman–Crippen LogP) is 0.793. The first-order valence-corrected chi connectivity index (χ1v) is 7.95. The summed E-state index contributed by atoms with van der Waals surface area (Å²) < 4.78 is 10.4. The highest BCUT2D eigenvalue weighted by Crippen LogP contribution is 2.24. The number of amides is 1. The third-order valence-corrected chi connectivity index (χ3v) is 4.14. The van der Waals surface area contributed by atoms with Crippen molar-refractivity contribution in [1.82, 2.24) is 20.6 Å². The van der Waals surface area contributed by atoms with E-state index in [1.54, 1.807) is 31.5 Å². The van der Waals surface area contributed by atoms with Crippen molar-refractivity contribution in [3.63, 3.8) is 0 Å². The van der Waals surface area contributed by atoms with Gasteiger partial charge in [-0.15, -0.1) is 0 Å². The number of carbonyl (C=O) groups is 1. The molecule has 3 rings (SSSR count). The van der Waals surface area contributed by atoms with E-state index in [1.165, 1.54) is 0 Å². The number of hydrogen-bond acceptors (Lipinski definition) is 7. The second-order valence-electron chi connectivity index (χ2n) is 5.91. The topological polar surface area (TPSA) is 110 Å². The molecule has 2 heterocycles. The molecule has 0 bridgehead atoms. The Morgan fingerprint density at radius 3 is 3.04 bits per heavy atom. The Bertz CT molecular complexity index is 676. The van der Waals surface area contributed by atoms with Gasteiger partial charge in [-0.2, -0.15) is 0 Å². The maximum absolute atomic E-state index is 12.2. The zero-order valence-electron chi connectivity index (χ0n) is 13.4. The summed E-state index contributed by atoms with van der Waals surface area (Å²) in [5, 5.41) is 20.7. The van der Waals surface area contributed by atoms with Crippen molar-refractivity contribution in [2.24, 2.45) is 0 Å². The van der Waals surface area contributed by atoms with Crippen LogP contribution in [0, 0.1) is 6.92 Å². The van der Waals surface area contributed by atoms with Gasteiger partial charge in [-0.1, -0.05) is 10.3 Å². The lowest BCUT2D eigenvalue weighted by Gasteiger charge is -2.35. The zero-order valence-corrected chi connectivity index (χ0v) is 13.4. The van der Waals surface area contributed by atoms with Crippen LogP contribution in [0.3, 0.4) is 0 Å². The second-order valence-corrected chi connectivity index (χ2v) is 5.91. The molecule has 0 unspecified atom stereocenters. The number of hydrogen-bond donors (Lipinski definition) is 2. The minimum Gasteiger partial charge on any atom is -0.486 e. The van der Waals surface area contributed by atoms with Crippen molar-refractivity contribution in [1.29, 1.82) is 0 Å². The molecule has 2 aromatic heterocycles. The molecule has 8 nitrogen and oxygen atoms in total. The lowest BCUT2D eigenvalue weighted by molar-refractivity contribution is -0.123. The van der Waals surface area contributed by atoms with Crippen molar-refractivity contribution in [3.8, 4) is 5.75 Å². The SMILES string of the molecule is Cc1nonc1CC(=O)N[C@@H]1CCC[C@@H](Oc2cccnc2)[C@@H]1O. The van der Waals surface area contributed by atoms with Crippen LogP contribution in [-0.4, -0.2) is 44.6 Å². The van der Waals surface area contributed by atoms with E-state index in [0.29, 0.717) is 23.6 Å². The highest BCUT2D eigenvalue weighted by atomic mass is 16.6.